The average molecular weight is 318 g/mol. The van der Waals surface area contributed by atoms with E-state index < -0.39 is 11.7 Å². The van der Waals surface area contributed by atoms with Gasteiger partial charge in [0.2, 0.25) is 0 Å². The van der Waals surface area contributed by atoms with E-state index in [0.29, 0.717) is 24.3 Å². The Hall–Kier alpha value is -0.800. The van der Waals surface area contributed by atoms with Gasteiger partial charge in [-0.25, -0.2) is 4.39 Å². The van der Waals surface area contributed by atoms with Crippen molar-refractivity contribution in [2.45, 2.75) is 25.7 Å². The van der Waals surface area contributed by atoms with Crippen LogP contribution in [-0.2, 0) is 0 Å². The molecule has 0 saturated heterocycles. The van der Waals surface area contributed by atoms with Crippen LogP contribution in [0.1, 0.15) is 36.0 Å². The lowest BCUT2D eigenvalue weighted by Crippen LogP contribution is -2.35. The van der Waals surface area contributed by atoms with Gasteiger partial charge in [0.25, 0.3) is 5.91 Å². The van der Waals surface area contributed by atoms with E-state index in [1.807, 2.05) is 0 Å². The molecule has 1 fully saturated rings. The van der Waals surface area contributed by atoms with Gasteiger partial charge >= 0.3 is 0 Å². The SMILES string of the molecule is O=C(NCC1CCCCC1CCl)c1c(F)cccc1Cl. The molecule has 1 amide bonds. The summed E-state index contributed by atoms with van der Waals surface area (Å²) < 4.78 is 13.6. The summed E-state index contributed by atoms with van der Waals surface area (Å²) in [4.78, 5) is 12.1. The molecule has 20 heavy (non-hydrogen) atoms. The van der Waals surface area contributed by atoms with Crippen molar-refractivity contribution >= 4 is 29.1 Å². The van der Waals surface area contributed by atoms with Gasteiger partial charge in [0.1, 0.15) is 5.82 Å². The van der Waals surface area contributed by atoms with E-state index in [2.05, 4.69) is 5.32 Å². The molecule has 1 aliphatic rings. The first-order chi connectivity index (χ1) is 9.63. The highest BCUT2D eigenvalue weighted by Crippen LogP contribution is 2.30. The number of halogens is 3. The monoisotopic (exact) mass is 317 g/mol. The molecule has 110 valence electrons. The molecule has 1 aromatic rings. The third kappa shape index (κ3) is 3.64. The molecule has 2 nitrogen and oxygen atoms in total. The van der Waals surface area contributed by atoms with Crippen LogP contribution in [0.4, 0.5) is 4.39 Å². The number of rotatable bonds is 4. The highest BCUT2D eigenvalue weighted by atomic mass is 35.5. The molecule has 1 aliphatic carbocycles. The highest BCUT2D eigenvalue weighted by Gasteiger charge is 2.25. The number of benzene rings is 1. The first-order valence-corrected chi connectivity index (χ1v) is 7.83. The zero-order valence-corrected chi connectivity index (χ0v) is 12.7. The number of hydrogen-bond donors (Lipinski definition) is 1. The zero-order chi connectivity index (χ0) is 14.5. The maximum absolute atomic E-state index is 13.6. The van der Waals surface area contributed by atoms with Gasteiger partial charge < -0.3 is 5.32 Å². The quantitative estimate of drug-likeness (QED) is 0.826. The zero-order valence-electron chi connectivity index (χ0n) is 11.2. The number of amides is 1. The Balaban J connectivity index is 1.98. The lowest BCUT2D eigenvalue weighted by atomic mass is 9.80. The third-order valence-electron chi connectivity index (χ3n) is 3.98. The molecule has 5 heteroatoms. The summed E-state index contributed by atoms with van der Waals surface area (Å²) in [6, 6.07) is 4.24. The molecule has 2 rings (SSSR count). The molecule has 0 spiro atoms. The molecular formula is C15H18Cl2FNO. The summed E-state index contributed by atoms with van der Waals surface area (Å²) in [5.41, 5.74) is -0.0765. The number of hydrogen-bond acceptors (Lipinski definition) is 1. The van der Waals surface area contributed by atoms with Crippen LogP contribution in [0.25, 0.3) is 0 Å². The number of carbonyl (C=O) groups is 1. The minimum Gasteiger partial charge on any atom is -0.352 e. The fourth-order valence-electron chi connectivity index (χ4n) is 2.78. The number of alkyl halides is 1. The van der Waals surface area contributed by atoms with E-state index in [1.54, 1.807) is 0 Å². The van der Waals surface area contributed by atoms with Crippen LogP contribution in [0.5, 0.6) is 0 Å². The largest absolute Gasteiger partial charge is 0.352 e. The summed E-state index contributed by atoms with van der Waals surface area (Å²) in [6.45, 7) is 0.529. The molecule has 0 aromatic heterocycles. The lowest BCUT2D eigenvalue weighted by Gasteiger charge is -2.30. The van der Waals surface area contributed by atoms with E-state index in [0.717, 1.165) is 19.3 Å². The van der Waals surface area contributed by atoms with E-state index in [-0.39, 0.29) is 10.6 Å². The topological polar surface area (TPSA) is 29.1 Å². The average Bonchev–Trinajstić information content (AvgIpc) is 2.45. The fraction of sp³-hybridized carbons (Fsp3) is 0.533. The molecule has 1 aromatic carbocycles. The van der Waals surface area contributed by atoms with Gasteiger partial charge in [-0.2, -0.15) is 0 Å². The maximum Gasteiger partial charge on any atom is 0.255 e. The second-order valence-electron chi connectivity index (χ2n) is 5.27. The minimum absolute atomic E-state index is 0.0765. The second kappa shape index (κ2) is 7.28. The molecule has 0 heterocycles. The van der Waals surface area contributed by atoms with Crippen LogP contribution in [-0.4, -0.2) is 18.3 Å². The van der Waals surface area contributed by atoms with Crippen molar-refractivity contribution in [1.82, 2.24) is 5.32 Å². The number of nitrogens with one attached hydrogen (secondary N) is 1. The van der Waals surface area contributed by atoms with Gasteiger partial charge in [0.05, 0.1) is 10.6 Å². The molecule has 2 unspecified atom stereocenters. The fourth-order valence-corrected chi connectivity index (χ4v) is 3.44. The Kier molecular flexibility index (Phi) is 5.67. The number of carbonyl (C=O) groups excluding carboxylic acids is 1. The van der Waals surface area contributed by atoms with Crippen molar-refractivity contribution in [3.8, 4) is 0 Å². The Bertz CT molecular complexity index is 461. The highest BCUT2D eigenvalue weighted by molar-refractivity contribution is 6.33. The van der Waals surface area contributed by atoms with Crippen molar-refractivity contribution in [2.75, 3.05) is 12.4 Å². The summed E-state index contributed by atoms with van der Waals surface area (Å²) in [7, 11) is 0. The van der Waals surface area contributed by atoms with Gasteiger partial charge in [-0.1, -0.05) is 30.5 Å². The van der Waals surface area contributed by atoms with Crippen molar-refractivity contribution in [3.05, 3.63) is 34.6 Å². The van der Waals surface area contributed by atoms with Gasteiger partial charge in [-0.3, -0.25) is 4.79 Å². The van der Waals surface area contributed by atoms with Crippen LogP contribution >= 0.6 is 23.2 Å². The Labute approximate surface area is 128 Å². The van der Waals surface area contributed by atoms with Crippen molar-refractivity contribution < 1.29 is 9.18 Å². The van der Waals surface area contributed by atoms with Crippen LogP contribution in [0.2, 0.25) is 5.02 Å². The predicted molar refractivity (Wildman–Crippen MR) is 79.9 cm³/mol. The molecule has 0 radical (unpaired) electrons. The standard InChI is InChI=1S/C15H18Cl2FNO/c16-8-10-4-1-2-5-11(10)9-19-15(20)14-12(17)6-3-7-13(14)18/h3,6-7,10-11H,1-2,4-5,8-9H2,(H,19,20). The van der Waals surface area contributed by atoms with Gasteiger partial charge in [0, 0.05) is 12.4 Å². The molecule has 1 saturated carbocycles. The summed E-state index contributed by atoms with van der Waals surface area (Å²) in [5.74, 6) is 0.373. The van der Waals surface area contributed by atoms with Crippen molar-refractivity contribution in [3.63, 3.8) is 0 Å². The first kappa shape index (κ1) is 15.6. The molecular weight excluding hydrogens is 300 g/mol. The first-order valence-electron chi connectivity index (χ1n) is 6.91. The van der Waals surface area contributed by atoms with Crippen molar-refractivity contribution in [2.24, 2.45) is 11.8 Å². The molecule has 0 bridgehead atoms. The molecule has 1 N–H and O–H groups in total. The summed E-state index contributed by atoms with van der Waals surface area (Å²) >= 11 is 11.8. The summed E-state index contributed by atoms with van der Waals surface area (Å²) in [5, 5.41) is 2.93. The Morgan fingerprint density at radius 2 is 2.00 bits per heavy atom. The predicted octanol–water partition coefficient (Wildman–Crippen LogP) is 4.25. The maximum atomic E-state index is 13.6. The van der Waals surface area contributed by atoms with Gasteiger partial charge in [0.15, 0.2) is 0 Å². The van der Waals surface area contributed by atoms with Gasteiger partial charge in [-0.15, -0.1) is 11.6 Å². The van der Waals surface area contributed by atoms with Gasteiger partial charge in [-0.05, 0) is 36.8 Å². The minimum atomic E-state index is -0.590. The van der Waals surface area contributed by atoms with E-state index >= 15 is 0 Å². The Morgan fingerprint density at radius 3 is 2.65 bits per heavy atom. The van der Waals surface area contributed by atoms with Crippen LogP contribution in [0.3, 0.4) is 0 Å². The Morgan fingerprint density at radius 1 is 1.30 bits per heavy atom. The normalized spacial score (nSPS) is 22.6. The summed E-state index contributed by atoms with van der Waals surface area (Å²) in [6.07, 6.45) is 4.52. The third-order valence-corrected chi connectivity index (χ3v) is 4.69. The molecule has 0 aliphatic heterocycles. The van der Waals surface area contributed by atoms with Crippen LogP contribution in [0, 0.1) is 17.7 Å². The van der Waals surface area contributed by atoms with Crippen LogP contribution in [0.15, 0.2) is 18.2 Å². The van der Waals surface area contributed by atoms with E-state index in [1.165, 1.54) is 24.6 Å². The smallest absolute Gasteiger partial charge is 0.255 e. The lowest BCUT2D eigenvalue weighted by molar-refractivity contribution is 0.0933. The van der Waals surface area contributed by atoms with Crippen LogP contribution < -0.4 is 5.32 Å². The molecule has 2 atom stereocenters. The second-order valence-corrected chi connectivity index (χ2v) is 5.98. The van der Waals surface area contributed by atoms with E-state index in [4.69, 9.17) is 23.2 Å². The van der Waals surface area contributed by atoms with E-state index in [9.17, 15) is 9.18 Å². The van der Waals surface area contributed by atoms with Crippen molar-refractivity contribution in [1.29, 1.82) is 0 Å².